The molecule has 2 aromatic heterocycles. The molecule has 3 amide bonds. The Kier molecular flexibility index (Phi) is 4.46. The Labute approximate surface area is 188 Å². The maximum atomic E-state index is 12.7. The van der Waals surface area contributed by atoms with E-state index >= 15 is 0 Å². The van der Waals surface area contributed by atoms with E-state index in [-0.39, 0.29) is 35.6 Å². The van der Waals surface area contributed by atoms with E-state index in [4.69, 9.17) is 11.6 Å². The number of anilines is 1. The molecule has 1 aromatic carbocycles. The summed E-state index contributed by atoms with van der Waals surface area (Å²) in [4.78, 5) is 43.3. The van der Waals surface area contributed by atoms with Crippen LogP contribution in [0.5, 0.6) is 0 Å². The van der Waals surface area contributed by atoms with Crippen molar-refractivity contribution in [2.45, 2.75) is 27.3 Å². The molecule has 2 fully saturated rings. The molecule has 1 aliphatic carbocycles. The Morgan fingerprint density at radius 1 is 1.19 bits per heavy atom. The van der Waals surface area contributed by atoms with Crippen molar-refractivity contribution in [1.82, 2.24) is 9.88 Å². The quantitative estimate of drug-likeness (QED) is 0.451. The fraction of sp³-hybridized carbons (Fsp3) is 0.304. The fourth-order valence-electron chi connectivity index (χ4n) is 4.80. The Balaban J connectivity index is 1.54. The van der Waals surface area contributed by atoms with Gasteiger partial charge in [-0.25, -0.2) is 0 Å². The number of benzene rings is 1. The summed E-state index contributed by atoms with van der Waals surface area (Å²) in [6.07, 6.45) is 2.36. The largest absolute Gasteiger partial charge is 0.328 e. The molecule has 0 radical (unpaired) electrons. The highest BCUT2D eigenvalue weighted by Gasteiger charge is 2.72. The first-order valence-electron chi connectivity index (χ1n) is 9.97. The second-order valence-corrected chi connectivity index (χ2v) is 10.3. The second-order valence-electron chi connectivity index (χ2n) is 8.73. The minimum Gasteiger partial charge on any atom is -0.328 e. The van der Waals surface area contributed by atoms with E-state index < -0.39 is 0 Å². The Morgan fingerprint density at radius 3 is 2.58 bits per heavy atom. The number of aromatic nitrogens is 1. The third-order valence-corrected chi connectivity index (χ3v) is 7.82. The SMILES string of the molecule is Cc1cc(Cl)cc(-c2ccnc3cc(CN4C(=O)C5C(C4=O)C5(C)C)sc23)c1NC=O. The summed E-state index contributed by atoms with van der Waals surface area (Å²) in [5, 5.41) is 3.35. The Morgan fingerprint density at radius 2 is 1.90 bits per heavy atom. The van der Waals surface area contributed by atoms with Crippen LogP contribution < -0.4 is 5.32 Å². The third kappa shape index (κ3) is 2.98. The first-order chi connectivity index (χ1) is 14.7. The number of aryl methyl sites for hydroxylation is 1. The molecule has 1 saturated heterocycles. The van der Waals surface area contributed by atoms with E-state index in [1.165, 1.54) is 16.2 Å². The number of carbonyl (C=O) groups excluding carboxylic acids is 3. The number of nitrogens with one attached hydrogen (secondary N) is 1. The Hall–Kier alpha value is -2.77. The second kappa shape index (κ2) is 6.87. The zero-order chi connectivity index (χ0) is 22.1. The van der Waals surface area contributed by atoms with Gasteiger partial charge in [0.25, 0.3) is 0 Å². The van der Waals surface area contributed by atoms with Crippen LogP contribution in [0.1, 0.15) is 24.3 Å². The zero-order valence-corrected chi connectivity index (χ0v) is 18.8. The van der Waals surface area contributed by atoms with Crippen molar-refractivity contribution in [1.29, 1.82) is 0 Å². The average molecular weight is 454 g/mol. The maximum Gasteiger partial charge on any atom is 0.234 e. The lowest BCUT2D eigenvalue weighted by atomic mass is 10.0. The highest BCUT2D eigenvalue weighted by atomic mass is 35.5. The number of thiophene rings is 1. The molecule has 3 heterocycles. The molecule has 31 heavy (non-hydrogen) atoms. The summed E-state index contributed by atoms with van der Waals surface area (Å²) >= 11 is 7.80. The number of halogens is 1. The van der Waals surface area contributed by atoms with Gasteiger partial charge < -0.3 is 5.32 Å². The van der Waals surface area contributed by atoms with Crippen molar-refractivity contribution < 1.29 is 14.4 Å². The summed E-state index contributed by atoms with van der Waals surface area (Å²) in [7, 11) is 0. The summed E-state index contributed by atoms with van der Waals surface area (Å²) in [5.74, 6) is -0.522. The first kappa shape index (κ1) is 20.2. The predicted molar refractivity (Wildman–Crippen MR) is 121 cm³/mol. The van der Waals surface area contributed by atoms with Gasteiger partial charge in [0.2, 0.25) is 18.2 Å². The van der Waals surface area contributed by atoms with Crippen molar-refractivity contribution in [3.8, 4) is 11.1 Å². The van der Waals surface area contributed by atoms with E-state index in [9.17, 15) is 14.4 Å². The highest BCUT2D eigenvalue weighted by Crippen LogP contribution is 2.63. The van der Waals surface area contributed by atoms with Gasteiger partial charge >= 0.3 is 0 Å². The normalized spacial score (nSPS) is 21.5. The molecule has 2 aliphatic rings. The number of rotatable bonds is 5. The third-order valence-electron chi connectivity index (χ3n) is 6.46. The standard InChI is InChI=1S/C23H20ClN3O3S/c1-11-6-12(24)7-15(19(11)26-10-28)14-4-5-25-16-8-13(31-20(14)16)9-27-21(29)17-18(22(27)30)23(17,2)3/h4-8,10,17-18H,9H2,1-3H3,(H,26,28). The molecule has 0 bridgehead atoms. The number of nitrogens with zero attached hydrogens (tertiary/aromatic N) is 2. The molecule has 8 heteroatoms. The topological polar surface area (TPSA) is 79.4 Å². The molecular weight excluding hydrogens is 434 g/mol. The number of piperidine rings is 1. The van der Waals surface area contributed by atoms with Gasteiger partial charge in [-0.2, -0.15) is 0 Å². The molecule has 0 spiro atoms. The van der Waals surface area contributed by atoms with Gasteiger partial charge in [-0.1, -0.05) is 25.4 Å². The smallest absolute Gasteiger partial charge is 0.234 e. The van der Waals surface area contributed by atoms with Gasteiger partial charge in [-0.3, -0.25) is 24.3 Å². The minimum atomic E-state index is -0.216. The van der Waals surface area contributed by atoms with Crippen molar-refractivity contribution in [2.75, 3.05) is 5.32 Å². The number of amides is 3. The number of hydrogen-bond donors (Lipinski definition) is 1. The molecule has 1 N–H and O–H groups in total. The fourth-order valence-corrected chi connectivity index (χ4v) is 6.20. The van der Waals surface area contributed by atoms with Gasteiger partial charge in [0.15, 0.2) is 0 Å². The van der Waals surface area contributed by atoms with Gasteiger partial charge in [0.05, 0.1) is 34.3 Å². The van der Waals surface area contributed by atoms with Gasteiger partial charge in [0.1, 0.15) is 0 Å². The van der Waals surface area contributed by atoms with Crippen molar-refractivity contribution in [3.05, 3.63) is 45.9 Å². The van der Waals surface area contributed by atoms with Crippen LogP contribution in [0.2, 0.25) is 5.02 Å². The van der Waals surface area contributed by atoms with E-state index in [1.54, 1.807) is 12.3 Å². The number of likely N-dealkylation sites (tertiary alicyclic amines) is 1. The van der Waals surface area contributed by atoms with Crippen molar-refractivity contribution >= 4 is 57.1 Å². The van der Waals surface area contributed by atoms with E-state index in [0.29, 0.717) is 17.1 Å². The van der Waals surface area contributed by atoms with E-state index in [1.807, 2.05) is 39.0 Å². The lowest BCUT2D eigenvalue weighted by molar-refractivity contribution is -0.143. The van der Waals surface area contributed by atoms with E-state index in [0.717, 1.165) is 31.8 Å². The van der Waals surface area contributed by atoms with Gasteiger partial charge in [-0.15, -0.1) is 11.3 Å². The zero-order valence-electron chi connectivity index (χ0n) is 17.2. The van der Waals surface area contributed by atoms with Crippen LogP contribution in [0.25, 0.3) is 21.3 Å². The summed E-state index contributed by atoms with van der Waals surface area (Å²) in [5.41, 5.74) is 3.79. The molecule has 1 aliphatic heterocycles. The Bertz CT molecular complexity index is 1260. The number of pyridine rings is 1. The number of hydrogen-bond acceptors (Lipinski definition) is 5. The van der Waals surface area contributed by atoms with Crippen LogP contribution in [0.4, 0.5) is 5.69 Å². The molecular formula is C23H20ClN3O3S. The monoisotopic (exact) mass is 453 g/mol. The van der Waals surface area contributed by atoms with Crippen LogP contribution >= 0.6 is 22.9 Å². The molecule has 3 aromatic rings. The van der Waals surface area contributed by atoms with Crippen molar-refractivity contribution in [2.24, 2.45) is 17.3 Å². The molecule has 1 saturated carbocycles. The summed E-state index contributed by atoms with van der Waals surface area (Å²) in [6, 6.07) is 7.42. The lowest BCUT2D eigenvalue weighted by Crippen LogP contribution is -2.35. The summed E-state index contributed by atoms with van der Waals surface area (Å²) in [6.45, 7) is 6.10. The van der Waals surface area contributed by atoms with Crippen LogP contribution in [0, 0.1) is 24.2 Å². The van der Waals surface area contributed by atoms with Crippen molar-refractivity contribution in [3.63, 3.8) is 0 Å². The minimum absolute atomic E-state index is 0.0754. The van der Waals surface area contributed by atoms with Crippen LogP contribution in [-0.4, -0.2) is 28.1 Å². The lowest BCUT2D eigenvalue weighted by Gasteiger charge is -2.19. The summed E-state index contributed by atoms with van der Waals surface area (Å²) < 4.78 is 0.915. The highest BCUT2D eigenvalue weighted by molar-refractivity contribution is 7.19. The number of imide groups is 1. The van der Waals surface area contributed by atoms with Gasteiger partial charge in [0, 0.05) is 27.2 Å². The van der Waals surface area contributed by atoms with Crippen LogP contribution in [0.15, 0.2) is 30.5 Å². The molecule has 158 valence electrons. The van der Waals surface area contributed by atoms with E-state index in [2.05, 4.69) is 10.3 Å². The van der Waals surface area contributed by atoms with Gasteiger partial charge in [-0.05, 0) is 42.2 Å². The average Bonchev–Trinajstić information content (AvgIpc) is 2.97. The maximum absolute atomic E-state index is 12.7. The molecule has 2 atom stereocenters. The number of fused-ring (bicyclic) bond motifs is 2. The van der Waals surface area contributed by atoms with Crippen LogP contribution in [0.3, 0.4) is 0 Å². The number of carbonyl (C=O) groups is 3. The molecule has 2 unspecified atom stereocenters. The first-order valence-corrected chi connectivity index (χ1v) is 11.2. The van der Waals surface area contributed by atoms with Crippen LogP contribution in [-0.2, 0) is 20.9 Å². The molecule has 5 rings (SSSR count). The molecule has 6 nitrogen and oxygen atoms in total. The predicted octanol–water partition coefficient (Wildman–Crippen LogP) is 4.63.